The summed E-state index contributed by atoms with van der Waals surface area (Å²) in [7, 11) is 1.70. The number of hydrogen-bond acceptors (Lipinski definition) is 5. The summed E-state index contributed by atoms with van der Waals surface area (Å²) in [6.07, 6.45) is 0.0146. The van der Waals surface area contributed by atoms with Crippen molar-refractivity contribution in [1.29, 1.82) is 0 Å². The zero-order chi connectivity index (χ0) is 25.5. The SMILES string of the molecule is CN1C(=O)C(S)(c2ccccc2Cl)C(=O)CC1(c1ccsc1)c1cccc(Nc2ccc(F)cc2)c1. The molecule has 0 saturated carbocycles. The first kappa shape index (κ1) is 24.6. The Hall–Kier alpha value is -3.13. The molecular formula is C28H22ClFN2O2S2. The van der Waals surface area contributed by atoms with Crippen LogP contribution < -0.4 is 5.32 Å². The highest BCUT2D eigenvalue weighted by molar-refractivity contribution is 7.83. The number of ketones is 1. The lowest BCUT2D eigenvalue weighted by molar-refractivity contribution is -0.149. The molecule has 1 amide bonds. The van der Waals surface area contributed by atoms with Crippen molar-refractivity contribution >= 4 is 58.6 Å². The quantitative estimate of drug-likeness (QED) is 0.218. The molecule has 3 aromatic carbocycles. The first-order valence-corrected chi connectivity index (χ1v) is 13.0. The van der Waals surface area contributed by atoms with Gasteiger partial charge in [-0.25, -0.2) is 4.39 Å². The third-order valence-electron chi connectivity index (χ3n) is 6.74. The monoisotopic (exact) mass is 536 g/mol. The maximum Gasteiger partial charge on any atom is 0.251 e. The summed E-state index contributed by atoms with van der Waals surface area (Å²) >= 11 is 12.6. The Balaban J connectivity index is 1.61. The van der Waals surface area contributed by atoms with Crippen LogP contribution in [0.25, 0.3) is 0 Å². The standard InChI is InChI=1S/C28H22ClFN2O2S2/c1-32-26(34)28(35,23-7-2-3-8-24(23)29)25(33)16-27(32,19-13-14-36-17-19)18-5-4-6-22(15-18)31-21-11-9-20(30)10-12-21/h2-15,17,31,35H,16H2,1H3. The molecule has 5 rings (SSSR count). The molecule has 1 N–H and O–H groups in total. The number of anilines is 2. The lowest BCUT2D eigenvalue weighted by atomic mass is 9.71. The van der Waals surface area contributed by atoms with Crippen LogP contribution >= 0.6 is 35.6 Å². The van der Waals surface area contributed by atoms with Gasteiger partial charge < -0.3 is 10.2 Å². The van der Waals surface area contributed by atoms with Gasteiger partial charge in [-0.1, -0.05) is 41.9 Å². The molecule has 0 spiro atoms. The van der Waals surface area contributed by atoms with Gasteiger partial charge in [0.25, 0.3) is 5.91 Å². The number of thiophene rings is 1. The van der Waals surface area contributed by atoms with Crippen molar-refractivity contribution in [3.05, 3.63) is 117 Å². The largest absolute Gasteiger partial charge is 0.356 e. The number of likely N-dealkylation sites (tertiary alicyclic amines) is 1. The Morgan fingerprint density at radius 3 is 2.42 bits per heavy atom. The second kappa shape index (κ2) is 9.39. The molecule has 1 aliphatic rings. The zero-order valence-corrected chi connectivity index (χ0v) is 21.7. The van der Waals surface area contributed by atoms with Gasteiger partial charge in [0.2, 0.25) is 0 Å². The summed E-state index contributed by atoms with van der Waals surface area (Å²) in [5, 5.41) is 7.48. The van der Waals surface area contributed by atoms with Gasteiger partial charge in [-0.05, 0) is 70.4 Å². The smallest absolute Gasteiger partial charge is 0.251 e. The van der Waals surface area contributed by atoms with E-state index in [0.29, 0.717) is 10.6 Å². The Morgan fingerprint density at radius 1 is 0.972 bits per heavy atom. The van der Waals surface area contributed by atoms with E-state index in [1.54, 1.807) is 48.3 Å². The summed E-state index contributed by atoms with van der Waals surface area (Å²) < 4.78 is 11.7. The molecule has 4 aromatic rings. The number of benzene rings is 3. The average Bonchev–Trinajstić information content (AvgIpc) is 3.42. The van der Waals surface area contributed by atoms with Gasteiger partial charge >= 0.3 is 0 Å². The van der Waals surface area contributed by atoms with Gasteiger partial charge in [-0.15, -0.1) is 0 Å². The molecule has 8 heteroatoms. The fourth-order valence-electron chi connectivity index (χ4n) is 4.85. The van der Waals surface area contributed by atoms with Gasteiger partial charge in [0.15, 0.2) is 10.5 Å². The van der Waals surface area contributed by atoms with E-state index in [1.165, 1.54) is 23.5 Å². The highest BCUT2D eigenvalue weighted by Gasteiger charge is 2.59. The van der Waals surface area contributed by atoms with Crippen LogP contribution in [0.3, 0.4) is 0 Å². The minimum absolute atomic E-state index is 0.0146. The van der Waals surface area contributed by atoms with Gasteiger partial charge in [0.1, 0.15) is 11.4 Å². The van der Waals surface area contributed by atoms with Crippen molar-refractivity contribution in [2.75, 3.05) is 12.4 Å². The molecular weight excluding hydrogens is 515 g/mol. The van der Waals surface area contributed by atoms with Crippen molar-refractivity contribution in [2.45, 2.75) is 16.7 Å². The summed E-state index contributed by atoms with van der Waals surface area (Å²) in [6, 6.07) is 22.4. The predicted octanol–water partition coefficient (Wildman–Crippen LogP) is 6.78. The lowest BCUT2D eigenvalue weighted by Gasteiger charge is -2.50. The van der Waals surface area contributed by atoms with Gasteiger partial charge in [-0.3, -0.25) is 9.59 Å². The van der Waals surface area contributed by atoms with Crippen molar-refractivity contribution < 1.29 is 14.0 Å². The van der Waals surface area contributed by atoms with E-state index in [4.69, 9.17) is 11.6 Å². The molecule has 182 valence electrons. The maximum atomic E-state index is 14.0. The number of halogens is 2. The number of carbonyl (C=O) groups excluding carboxylic acids is 2. The van der Waals surface area contributed by atoms with E-state index >= 15 is 0 Å². The topological polar surface area (TPSA) is 49.4 Å². The Kier molecular flexibility index (Phi) is 6.41. The maximum absolute atomic E-state index is 14.0. The number of nitrogens with zero attached hydrogens (tertiary/aromatic N) is 1. The molecule has 1 aliphatic heterocycles. The van der Waals surface area contributed by atoms with Crippen LogP contribution in [0.5, 0.6) is 0 Å². The highest BCUT2D eigenvalue weighted by atomic mass is 35.5. The average molecular weight is 537 g/mol. The number of hydrogen-bond donors (Lipinski definition) is 2. The van der Waals surface area contributed by atoms with E-state index in [0.717, 1.165) is 22.5 Å². The molecule has 0 aliphatic carbocycles. The molecule has 2 heterocycles. The summed E-state index contributed by atoms with van der Waals surface area (Å²) in [4.78, 5) is 29.5. The molecule has 1 aromatic heterocycles. The van der Waals surface area contributed by atoms with E-state index in [9.17, 15) is 14.0 Å². The number of thiol groups is 1. The summed E-state index contributed by atoms with van der Waals surface area (Å²) in [5.74, 6) is -1.09. The molecule has 0 bridgehead atoms. The van der Waals surface area contributed by atoms with Crippen LogP contribution in [0.1, 0.15) is 23.1 Å². The Morgan fingerprint density at radius 2 is 1.72 bits per heavy atom. The van der Waals surface area contributed by atoms with E-state index in [2.05, 4.69) is 17.9 Å². The number of carbonyl (C=O) groups is 2. The van der Waals surface area contributed by atoms with Gasteiger partial charge in [0.05, 0.1) is 0 Å². The van der Waals surface area contributed by atoms with E-state index < -0.39 is 16.2 Å². The molecule has 2 unspecified atom stereocenters. The Bertz CT molecular complexity index is 1440. The van der Waals surface area contributed by atoms with Crippen LogP contribution in [0.15, 0.2) is 89.6 Å². The second-order valence-electron chi connectivity index (χ2n) is 8.74. The lowest BCUT2D eigenvalue weighted by Crippen LogP contribution is -2.62. The van der Waals surface area contributed by atoms with Gasteiger partial charge in [-0.2, -0.15) is 24.0 Å². The normalized spacial score (nSPS) is 22.1. The fourth-order valence-corrected chi connectivity index (χ4v) is 6.34. The second-order valence-corrected chi connectivity index (χ2v) is 10.6. The van der Waals surface area contributed by atoms with Crippen LogP contribution in [0, 0.1) is 5.82 Å². The number of nitrogens with one attached hydrogen (secondary N) is 1. The predicted molar refractivity (Wildman–Crippen MR) is 146 cm³/mol. The van der Waals surface area contributed by atoms with Crippen molar-refractivity contribution in [2.24, 2.45) is 0 Å². The number of Topliss-reactive ketones (excluding diaryl/α,β-unsaturated/α-hetero) is 1. The third kappa shape index (κ3) is 3.92. The fraction of sp³-hybridized carbons (Fsp3) is 0.143. The third-order valence-corrected chi connectivity index (χ3v) is 8.44. The Labute approximate surface area is 223 Å². The minimum atomic E-state index is -1.70. The van der Waals surface area contributed by atoms with Crippen molar-refractivity contribution in [3.63, 3.8) is 0 Å². The summed E-state index contributed by atoms with van der Waals surface area (Å²) in [6.45, 7) is 0. The first-order valence-electron chi connectivity index (χ1n) is 11.2. The highest BCUT2D eigenvalue weighted by Crippen LogP contribution is 2.50. The molecule has 4 nitrogen and oxygen atoms in total. The van der Waals surface area contributed by atoms with Crippen LogP contribution in [0.4, 0.5) is 15.8 Å². The van der Waals surface area contributed by atoms with E-state index in [1.807, 2.05) is 41.1 Å². The number of amides is 1. The molecule has 36 heavy (non-hydrogen) atoms. The van der Waals surface area contributed by atoms with Crippen LogP contribution in [-0.4, -0.2) is 23.6 Å². The van der Waals surface area contributed by atoms with Crippen molar-refractivity contribution in [1.82, 2.24) is 4.90 Å². The molecule has 1 fully saturated rings. The number of piperidine rings is 1. The molecule has 0 radical (unpaired) electrons. The summed E-state index contributed by atoms with van der Waals surface area (Å²) in [5.41, 5.74) is 2.41. The molecule has 2 atom stereocenters. The van der Waals surface area contributed by atoms with Crippen LogP contribution in [0.2, 0.25) is 5.02 Å². The minimum Gasteiger partial charge on any atom is -0.356 e. The van der Waals surface area contributed by atoms with Crippen molar-refractivity contribution in [3.8, 4) is 0 Å². The van der Waals surface area contributed by atoms with Gasteiger partial charge in [0, 0.05) is 35.4 Å². The zero-order valence-electron chi connectivity index (χ0n) is 19.2. The molecule has 1 saturated heterocycles. The van der Waals surface area contributed by atoms with E-state index in [-0.39, 0.29) is 18.0 Å². The van der Waals surface area contributed by atoms with Crippen LogP contribution in [-0.2, 0) is 19.9 Å². The first-order chi connectivity index (χ1) is 17.3. The number of rotatable bonds is 5. The number of likely N-dealkylation sites (N-methyl/N-ethyl adjacent to an activating group) is 1.